The van der Waals surface area contributed by atoms with Gasteiger partial charge < -0.3 is 5.32 Å². The molecule has 0 saturated heterocycles. The third kappa shape index (κ3) is 3.57. The second kappa shape index (κ2) is 6.77. The van der Waals surface area contributed by atoms with Crippen molar-refractivity contribution < 1.29 is 9.18 Å². The predicted molar refractivity (Wildman–Crippen MR) is 97.2 cm³/mol. The van der Waals surface area contributed by atoms with E-state index in [1.54, 1.807) is 25.4 Å². The zero-order valence-electron chi connectivity index (χ0n) is 14.5. The molecule has 0 aliphatic heterocycles. The largest absolute Gasteiger partial charge is 0.350 e. The molecule has 1 aliphatic rings. The van der Waals surface area contributed by atoms with Gasteiger partial charge in [-0.05, 0) is 37.5 Å². The van der Waals surface area contributed by atoms with E-state index in [-0.39, 0.29) is 11.6 Å². The monoisotopic (exact) mass is 389 g/mol. The molecule has 1 aliphatic carbocycles. The van der Waals surface area contributed by atoms with E-state index in [1.807, 2.05) is 0 Å². The number of nitrogens with one attached hydrogen (secondary N) is 1. The summed E-state index contributed by atoms with van der Waals surface area (Å²) in [6.45, 7) is 1.48. The van der Waals surface area contributed by atoms with Crippen molar-refractivity contribution in [3.05, 3.63) is 63.2 Å². The average Bonchev–Trinajstić information content (AvgIpc) is 3.44. The molecule has 3 aromatic rings. The summed E-state index contributed by atoms with van der Waals surface area (Å²) >= 11 is 5.67. The maximum Gasteiger partial charge on any atom is 0.350 e. The van der Waals surface area contributed by atoms with Crippen molar-refractivity contribution >= 4 is 23.2 Å². The third-order valence-corrected chi connectivity index (χ3v) is 4.90. The van der Waals surface area contributed by atoms with Crippen LogP contribution in [0.15, 0.2) is 35.4 Å². The summed E-state index contributed by atoms with van der Waals surface area (Å²) in [7, 11) is 0. The van der Waals surface area contributed by atoms with Crippen molar-refractivity contribution in [2.45, 2.75) is 38.3 Å². The summed E-state index contributed by atoms with van der Waals surface area (Å²) in [4.78, 5) is 29.1. The van der Waals surface area contributed by atoms with Crippen molar-refractivity contribution in [2.75, 3.05) is 0 Å². The van der Waals surface area contributed by atoms with Gasteiger partial charge in [-0.1, -0.05) is 17.7 Å². The van der Waals surface area contributed by atoms with Gasteiger partial charge in [0.15, 0.2) is 5.65 Å². The minimum Gasteiger partial charge on any atom is -0.348 e. The molecule has 1 saturated carbocycles. The summed E-state index contributed by atoms with van der Waals surface area (Å²) in [5, 5.41) is 6.90. The van der Waals surface area contributed by atoms with Crippen LogP contribution in [0, 0.1) is 5.82 Å². The van der Waals surface area contributed by atoms with Gasteiger partial charge in [0.2, 0.25) is 5.91 Å². The molecule has 1 N–H and O–H groups in total. The maximum absolute atomic E-state index is 13.6. The van der Waals surface area contributed by atoms with E-state index in [0.29, 0.717) is 17.1 Å². The number of benzene rings is 1. The molecular weight excluding hydrogens is 373 g/mol. The zero-order chi connectivity index (χ0) is 19.1. The minimum absolute atomic E-state index is 0.0210. The van der Waals surface area contributed by atoms with Crippen molar-refractivity contribution in [3.8, 4) is 0 Å². The van der Waals surface area contributed by atoms with Gasteiger partial charge in [-0.25, -0.2) is 18.3 Å². The first-order valence-electron chi connectivity index (χ1n) is 8.62. The maximum atomic E-state index is 13.6. The Morgan fingerprint density at radius 2 is 2.22 bits per heavy atom. The first-order valence-corrected chi connectivity index (χ1v) is 8.99. The Morgan fingerprint density at radius 1 is 1.44 bits per heavy atom. The molecule has 27 heavy (non-hydrogen) atoms. The summed E-state index contributed by atoms with van der Waals surface area (Å²) < 4.78 is 16.1. The third-order valence-electron chi connectivity index (χ3n) is 4.60. The first-order chi connectivity index (χ1) is 12.9. The summed E-state index contributed by atoms with van der Waals surface area (Å²) in [5.74, 6) is -0.543. The molecule has 0 bridgehead atoms. The van der Waals surface area contributed by atoms with Gasteiger partial charge in [-0.15, -0.1) is 5.10 Å². The van der Waals surface area contributed by atoms with Crippen molar-refractivity contribution in [3.63, 3.8) is 0 Å². The molecule has 4 rings (SSSR count). The number of rotatable bonds is 5. The fourth-order valence-corrected chi connectivity index (χ4v) is 3.04. The number of hydrogen-bond acceptors (Lipinski definition) is 4. The van der Waals surface area contributed by atoms with Gasteiger partial charge >= 0.3 is 5.69 Å². The van der Waals surface area contributed by atoms with Crippen LogP contribution in [0.4, 0.5) is 4.39 Å². The Labute approximate surface area is 158 Å². The molecule has 0 unspecified atom stereocenters. The number of amides is 1. The van der Waals surface area contributed by atoms with Crippen LogP contribution in [-0.4, -0.2) is 25.1 Å². The topological polar surface area (TPSA) is 81.3 Å². The minimum atomic E-state index is -0.550. The van der Waals surface area contributed by atoms with E-state index in [2.05, 4.69) is 15.4 Å². The van der Waals surface area contributed by atoms with E-state index < -0.39 is 23.5 Å². The highest BCUT2D eigenvalue weighted by Gasteiger charge is 2.26. The van der Waals surface area contributed by atoms with Gasteiger partial charge in [0, 0.05) is 12.1 Å². The summed E-state index contributed by atoms with van der Waals surface area (Å²) in [5.41, 5.74) is 1.44. The Bertz CT molecular complexity index is 1090. The average molecular weight is 390 g/mol. The number of nitrogens with zero attached hydrogens (tertiary/aromatic N) is 4. The fourth-order valence-electron chi connectivity index (χ4n) is 2.93. The fraction of sp³-hybridized carbons (Fsp3) is 0.333. The Morgan fingerprint density at radius 3 is 2.93 bits per heavy atom. The Hall–Kier alpha value is -2.74. The number of aromatic nitrogens is 4. The highest BCUT2D eigenvalue weighted by molar-refractivity contribution is 6.30. The van der Waals surface area contributed by atoms with Crippen molar-refractivity contribution in [2.24, 2.45) is 0 Å². The van der Waals surface area contributed by atoms with E-state index in [4.69, 9.17) is 11.6 Å². The van der Waals surface area contributed by atoms with Gasteiger partial charge in [-0.3, -0.25) is 9.78 Å². The lowest BCUT2D eigenvalue weighted by Crippen LogP contribution is -2.34. The standard InChI is InChI=1S/C18H17ClFN5O2/c1-10(12-4-5-13(19)14(20)6-12)22-17(26)9-25-18(27)24-8-15(11-2-3-11)21-7-16(24)23-25/h4-8,10-11H,2-3,9H2,1H3,(H,22,26)/t10-/m0/s1. The number of fused-ring (bicyclic) bond motifs is 1. The van der Waals surface area contributed by atoms with Crippen LogP contribution in [0.25, 0.3) is 5.65 Å². The summed E-state index contributed by atoms with van der Waals surface area (Å²) in [6.07, 6.45) is 5.39. The molecule has 1 atom stereocenters. The first kappa shape index (κ1) is 17.7. The number of hydrogen-bond donors (Lipinski definition) is 1. The number of halogens is 2. The molecule has 7 nitrogen and oxygen atoms in total. The van der Waals surface area contributed by atoms with Gasteiger partial charge in [-0.2, -0.15) is 0 Å². The van der Waals surface area contributed by atoms with Gasteiger partial charge in [0.1, 0.15) is 12.4 Å². The Kier molecular flexibility index (Phi) is 4.43. The van der Waals surface area contributed by atoms with E-state index >= 15 is 0 Å². The molecule has 1 amide bonds. The van der Waals surface area contributed by atoms with Crippen molar-refractivity contribution in [1.29, 1.82) is 0 Å². The van der Waals surface area contributed by atoms with Crippen LogP contribution in [0.1, 0.15) is 43.0 Å². The molecule has 9 heteroatoms. The molecule has 1 fully saturated rings. The highest BCUT2D eigenvalue weighted by atomic mass is 35.5. The van der Waals surface area contributed by atoms with Crippen LogP contribution >= 0.6 is 11.6 Å². The second-order valence-corrected chi connectivity index (χ2v) is 7.12. The van der Waals surface area contributed by atoms with E-state index in [1.165, 1.54) is 16.5 Å². The van der Waals surface area contributed by atoms with E-state index in [9.17, 15) is 14.0 Å². The molecule has 2 heterocycles. The highest BCUT2D eigenvalue weighted by Crippen LogP contribution is 2.38. The lowest BCUT2D eigenvalue weighted by molar-refractivity contribution is -0.122. The lowest BCUT2D eigenvalue weighted by atomic mass is 10.1. The number of carbonyl (C=O) groups excluding carboxylic acids is 1. The molecular formula is C18H17ClFN5O2. The van der Waals surface area contributed by atoms with Crippen LogP contribution in [0.5, 0.6) is 0 Å². The lowest BCUT2D eigenvalue weighted by Gasteiger charge is -2.14. The molecule has 0 spiro atoms. The molecule has 140 valence electrons. The SMILES string of the molecule is C[C@H](NC(=O)Cn1nc2cnc(C3CC3)cn2c1=O)c1ccc(Cl)c(F)c1. The number of carbonyl (C=O) groups is 1. The van der Waals surface area contributed by atoms with Gasteiger partial charge in [0.25, 0.3) is 0 Å². The molecule has 2 aromatic heterocycles. The van der Waals surface area contributed by atoms with Crippen molar-refractivity contribution in [1.82, 2.24) is 24.5 Å². The van der Waals surface area contributed by atoms with Crippen LogP contribution in [0.2, 0.25) is 5.02 Å². The second-order valence-electron chi connectivity index (χ2n) is 6.72. The van der Waals surface area contributed by atoms with E-state index in [0.717, 1.165) is 23.2 Å². The summed E-state index contributed by atoms with van der Waals surface area (Å²) in [6, 6.07) is 3.90. The smallest absolute Gasteiger partial charge is 0.348 e. The predicted octanol–water partition coefficient (Wildman–Crippen LogP) is 2.44. The normalized spacial score (nSPS) is 15.1. The Balaban J connectivity index is 1.49. The zero-order valence-corrected chi connectivity index (χ0v) is 15.3. The van der Waals surface area contributed by atoms with Crippen LogP contribution < -0.4 is 11.0 Å². The molecule has 1 aromatic carbocycles. The van der Waals surface area contributed by atoms with Crippen LogP contribution in [0.3, 0.4) is 0 Å². The molecule has 0 radical (unpaired) electrons. The van der Waals surface area contributed by atoms with Crippen LogP contribution in [-0.2, 0) is 11.3 Å². The quantitative estimate of drug-likeness (QED) is 0.726. The van der Waals surface area contributed by atoms with Gasteiger partial charge in [0.05, 0.1) is 23.0 Å².